The van der Waals surface area contributed by atoms with Crippen molar-refractivity contribution in [1.82, 2.24) is 5.32 Å². The van der Waals surface area contributed by atoms with E-state index >= 15 is 0 Å². The molecule has 0 aliphatic carbocycles. The maximum absolute atomic E-state index is 13.3. The smallest absolute Gasteiger partial charge is 0.306 e. The van der Waals surface area contributed by atoms with Gasteiger partial charge in [0.25, 0.3) is 0 Å². The summed E-state index contributed by atoms with van der Waals surface area (Å²) < 4.78 is 5.96. The lowest BCUT2D eigenvalue weighted by Gasteiger charge is -2.24. The molecule has 0 fully saturated rings. The number of carbonyl (C=O) groups excluding carboxylic acids is 2. The lowest BCUT2D eigenvalue weighted by molar-refractivity contribution is -0.151. The molecule has 3 atom stereocenters. The number of allylic oxidation sites excluding steroid dienone is 8. The van der Waals surface area contributed by atoms with Crippen LogP contribution in [0.4, 0.5) is 0 Å². The van der Waals surface area contributed by atoms with Gasteiger partial charge in [0.15, 0.2) is 0 Å². The molecule has 0 aliphatic heterocycles. The van der Waals surface area contributed by atoms with E-state index in [0.717, 1.165) is 70.6 Å². The van der Waals surface area contributed by atoms with Crippen molar-refractivity contribution in [3.05, 3.63) is 48.6 Å². The van der Waals surface area contributed by atoms with E-state index in [-0.39, 0.29) is 24.9 Å². The Morgan fingerprint density at radius 1 is 0.462 bits per heavy atom. The predicted octanol–water partition coefficient (Wildman–Crippen LogP) is 17.4. The van der Waals surface area contributed by atoms with E-state index in [2.05, 4.69) is 74.7 Å². The fraction of sp³-hybridized carbons (Fsp3) is 0.831. The molecule has 6 nitrogen and oxygen atoms in total. The van der Waals surface area contributed by atoms with Crippen LogP contribution in [-0.2, 0) is 14.3 Å². The lowest BCUT2D eigenvalue weighted by Crippen LogP contribution is -2.46. The zero-order valence-electron chi connectivity index (χ0n) is 43.4. The van der Waals surface area contributed by atoms with Crippen molar-refractivity contribution in [2.45, 2.75) is 309 Å². The summed E-state index contributed by atoms with van der Waals surface area (Å²) in [7, 11) is 0. The van der Waals surface area contributed by atoms with Gasteiger partial charge in [0.2, 0.25) is 5.91 Å². The number of unbranched alkanes of at least 4 members (excludes halogenated alkanes) is 33. The molecule has 0 aliphatic rings. The van der Waals surface area contributed by atoms with Crippen molar-refractivity contribution in [3.8, 4) is 0 Å². The first-order chi connectivity index (χ1) is 32.0. The summed E-state index contributed by atoms with van der Waals surface area (Å²) in [6, 6.07) is -0.705. The summed E-state index contributed by atoms with van der Waals surface area (Å²) in [4.78, 5) is 26.3. The average Bonchev–Trinajstić information content (AvgIpc) is 3.30. The third-order valence-corrected chi connectivity index (χ3v) is 13.0. The number of hydrogen-bond donors (Lipinski definition) is 3. The normalized spacial score (nSPS) is 13.5. The van der Waals surface area contributed by atoms with Crippen molar-refractivity contribution in [1.29, 1.82) is 0 Å². The van der Waals surface area contributed by atoms with Gasteiger partial charge in [-0.2, -0.15) is 0 Å². The molecule has 0 spiro atoms. The van der Waals surface area contributed by atoms with E-state index in [4.69, 9.17) is 4.74 Å². The summed E-state index contributed by atoms with van der Waals surface area (Å²) in [6.45, 7) is 6.37. The number of rotatable bonds is 51. The Hall–Kier alpha value is -2.18. The van der Waals surface area contributed by atoms with E-state index < -0.39 is 18.2 Å². The van der Waals surface area contributed by atoms with Crippen LogP contribution in [0.3, 0.4) is 0 Å². The molecule has 1 amide bonds. The van der Waals surface area contributed by atoms with Crippen molar-refractivity contribution in [2.75, 3.05) is 6.61 Å². The van der Waals surface area contributed by atoms with Gasteiger partial charge in [-0.1, -0.05) is 256 Å². The zero-order valence-corrected chi connectivity index (χ0v) is 43.4. The van der Waals surface area contributed by atoms with E-state index in [1.165, 1.54) is 173 Å². The molecular weight excluding hydrogens is 803 g/mol. The summed E-state index contributed by atoms with van der Waals surface area (Å²) in [6.07, 6.45) is 64.6. The van der Waals surface area contributed by atoms with Crippen LogP contribution < -0.4 is 5.32 Å². The minimum atomic E-state index is -0.791. The molecule has 0 aromatic heterocycles. The highest BCUT2D eigenvalue weighted by Crippen LogP contribution is 2.18. The Morgan fingerprint density at radius 3 is 1.29 bits per heavy atom. The summed E-state index contributed by atoms with van der Waals surface area (Å²) in [5.41, 5.74) is 0. The van der Waals surface area contributed by atoms with Gasteiger partial charge in [-0.25, -0.2) is 0 Å². The second kappa shape index (κ2) is 52.8. The van der Waals surface area contributed by atoms with Crippen LogP contribution in [0, 0.1) is 0 Å². The number of ether oxygens (including phenoxy) is 1. The van der Waals surface area contributed by atoms with E-state index in [1.807, 2.05) is 0 Å². The van der Waals surface area contributed by atoms with Crippen LogP contribution in [-0.4, -0.2) is 46.9 Å². The van der Waals surface area contributed by atoms with Crippen LogP contribution >= 0.6 is 0 Å². The molecule has 0 heterocycles. The Labute approximate surface area is 404 Å². The quantitative estimate of drug-likeness (QED) is 0.0245. The van der Waals surface area contributed by atoms with Gasteiger partial charge in [0.1, 0.15) is 6.10 Å². The van der Waals surface area contributed by atoms with E-state index in [1.54, 1.807) is 0 Å². The van der Waals surface area contributed by atoms with Gasteiger partial charge < -0.3 is 20.3 Å². The fourth-order valence-electron chi connectivity index (χ4n) is 8.66. The molecule has 0 saturated heterocycles. The van der Waals surface area contributed by atoms with Crippen molar-refractivity contribution >= 4 is 11.9 Å². The number of aliphatic hydroxyl groups excluding tert-OH is 2. The molecule has 0 rings (SSSR count). The maximum atomic E-state index is 13.3. The van der Waals surface area contributed by atoms with Crippen LogP contribution in [0.1, 0.15) is 290 Å². The van der Waals surface area contributed by atoms with Crippen LogP contribution in [0.25, 0.3) is 0 Å². The largest absolute Gasteiger partial charge is 0.462 e. The van der Waals surface area contributed by atoms with Gasteiger partial charge in [-0.15, -0.1) is 0 Å². The Kier molecular flexibility index (Phi) is 51.0. The topological polar surface area (TPSA) is 95.9 Å². The maximum Gasteiger partial charge on any atom is 0.306 e. The van der Waals surface area contributed by atoms with Gasteiger partial charge in [-0.3, -0.25) is 9.59 Å². The van der Waals surface area contributed by atoms with Crippen molar-refractivity contribution in [2.24, 2.45) is 0 Å². The zero-order chi connectivity index (χ0) is 47.4. The summed E-state index contributed by atoms with van der Waals surface area (Å²) in [5, 5.41) is 23.9. The minimum absolute atomic E-state index is 0.0710. The average molecular weight is 913 g/mol. The van der Waals surface area contributed by atoms with Gasteiger partial charge >= 0.3 is 5.97 Å². The molecule has 380 valence electrons. The number of nitrogens with one attached hydrogen (secondary N) is 1. The van der Waals surface area contributed by atoms with Crippen LogP contribution in [0.2, 0.25) is 0 Å². The summed E-state index contributed by atoms with van der Waals surface area (Å²) >= 11 is 0. The monoisotopic (exact) mass is 912 g/mol. The van der Waals surface area contributed by atoms with E-state index in [0.29, 0.717) is 19.3 Å². The van der Waals surface area contributed by atoms with Crippen LogP contribution in [0.5, 0.6) is 0 Å². The first-order valence-electron chi connectivity index (χ1n) is 28.4. The second-order valence-electron chi connectivity index (χ2n) is 19.4. The molecule has 65 heavy (non-hydrogen) atoms. The van der Waals surface area contributed by atoms with Crippen molar-refractivity contribution in [3.63, 3.8) is 0 Å². The molecule has 3 unspecified atom stereocenters. The number of hydrogen-bond acceptors (Lipinski definition) is 5. The van der Waals surface area contributed by atoms with Crippen molar-refractivity contribution < 1.29 is 24.5 Å². The highest BCUT2D eigenvalue weighted by Gasteiger charge is 2.24. The standard InChI is InChI=1S/C59H109NO5/c1-4-7-10-13-16-19-22-25-28-29-31-32-35-38-41-44-47-50-55(65-59(64)52-49-46-43-40-37-34-30-26-23-20-17-14-11-8-5-2)53-58(63)60-56(54-61)57(62)51-48-45-42-39-36-33-27-24-21-18-15-12-9-6-3/h8,11,14,17,20,23,25,28,55-57,61-62H,4-7,9-10,12-13,15-16,18-19,21-22,24,26-27,29-54H2,1-3H3,(H,60,63)/b11-8+,17-14+,23-20+,28-25+. The SMILES string of the molecule is CC/C=C/C=C/C=C/CCCCCCCCCC(=O)OC(CCCCCCCCC/C=C/CCCCCCCC)CC(=O)NC(CO)C(O)CCCCCCCCCCCCCCCC. The molecule has 0 aromatic rings. The van der Waals surface area contributed by atoms with Gasteiger partial charge in [0.05, 0.1) is 25.2 Å². The number of amides is 1. The van der Waals surface area contributed by atoms with Gasteiger partial charge in [-0.05, 0) is 70.6 Å². The number of aliphatic hydroxyl groups is 2. The lowest BCUT2D eigenvalue weighted by atomic mass is 10.0. The fourth-order valence-corrected chi connectivity index (χ4v) is 8.66. The Bertz CT molecular complexity index is 1110. The summed E-state index contributed by atoms with van der Waals surface area (Å²) in [5.74, 6) is -0.481. The predicted molar refractivity (Wildman–Crippen MR) is 282 cm³/mol. The number of esters is 1. The number of carbonyl (C=O) groups is 2. The molecule has 0 aromatic carbocycles. The molecule has 0 radical (unpaired) electrons. The van der Waals surface area contributed by atoms with Gasteiger partial charge in [0, 0.05) is 6.42 Å². The first kappa shape index (κ1) is 62.8. The molecular formula is C59H109NO5. The minimum Gasteiger partial charge on any atom is -0.462 e. The molecule has 6 heteroatoms. The van der Waals surface area contributed by atoms with E-state index in [9.17, 15) is 19.8 Å². The Balaban J connectivity index is 4.58. The third-order valence-electron chi connectivity index (χ3n) is 13.0. The highest BCUT2D eigenvalue weighted by atomic mass is 16.5. The Morgan fingerprint density at radius 2 is 0.846 bits per heavy atom. The first-order valence-corrected chi connectivity index (χ1v) is 28.4. The molecule has 3 N–H and O–H groups in total. The third kappa shape index (κ3) is 48.1. The molecule has 0 saturated carbocycles. The molecule has 0 bridgehead atoms. The second-order valence-corrected chi connectivity index (χ2v) is 19.4. The highest BCUT2D eigenvalue weighted by molar-refractivity contribution is 5.77. The van der Waals surface area contributed by atoms with Crippen LogP contribution in [0.15, 0.2) is 48.6 Å².